The highest BCUT2D eigenvalue weighted by Gasteiger charge is 2.35. The second-order valence-corrected chi connectivity index (χ2v) is 2.73. The zero-order valence-corrected chi connectivity index (χ0v) is 8.38. The van der Waals surface area contributed by atoms with Crippen molar-refractivity contribution in [2.24, 2.45) is 0 Å². The first-order valence-electron chi connectivity index (χ1n) is 4.35. The van der Waals surface area contributed by atoms with Crippen LogP contribution in [0.5, 0.6) is 5.88 Å². The molecule has 0 unspecified atom stereocenters. The Labute approximate surface area is 89.3 Å². The summed E-state index contributed by atoms with van der Waals surface area (Å²) in [5.74, 6) is -1.52. The summed E-state index contributed by atoms with van der Waals surface area (Å²) in [4.78, 5) is 6.42. The minimum Gasteiger partial charge on any atom is -0.475 e. The average molecular weight is 237 g/mol. The number of hydrogen-bond acceptors (Lipinski definition) is 5. The first-order chi connectivity index (χ1) is 7.47. The van der Waals surface area contributed by atoms with Crippen LogP contribution in [0.25, 0.3) is 0 Å². The van der Waals surface area contributed by atoms with E-state index < -0.39 is 12.0 Å². The average Bonchev–Trinajstić information content (AvgIpc) is 2.24. The number of hydrogen-bond donors (Lipinski definition) is 2. The molecule has 0 amide bonds. The molecular weight excluding hydrogens is 227 g/mol. The molecule has 1 heterocycles. The maximum Gasteiger partial charge on any atom is 0.451 e. The van der Waals surface area contributed by atoms with Gasteiger partial charge in [0.15, 0.2) is 0 Å². The Hall–Kier alpha value is -1.57. The lowest BCUT2D eigenvalue weighted by Gasteiger charge is -2.10. The van der Waals surface area contributed by atoms with Gasteiger partial charge < -0.3 is 15.2 Å². The fourth-order valence-electron chi connectivity index (χ4n) is 0.904. The van der Waals surface area contributed by atoms with Gasteiger partial charge in [-0.25, -0.2) is 4.98 Å². The quantitative estimate of drug-likeness (QED) is 0.814. The van der Waals surface area contributed by atoms with Gasteiger partial charge in [0.25, 0.3) is 0 Å². The molecule has 1 rings (SSSR count). The third kappa shape index (κ3) is 3.23. The molecule has 0 aliphatic rings. The van der Waals surface area contributed by atoms with Crippen molar-refractivity contribution in [1.29, 1.82) is 0 Å². The summed E-state index contributed by atoms with van der Waals surface area (Å²) in [7, 11) is 1.43. The van der Waals surface area contributed by atoms with Crippen LogP contribution >= 0.6 is 0 Å². The summed E-state index contributed by atoms with van der Waals surface area (Å²) in [6, 6.07) is 1.21. The van der Waals surface area contributed by atoms with Crippen molar-refractivity contribution in [1.82, 2.24) is 9.97 Å². The van der Waals surface area contributed by atoms with E-state index in [0.717, 1.165) is 0 Å². The molecule has 0 aliphatic carbocycles. The molecule has 90 valence electrons. The van der Waals surface area contributed by atoms with E-state index in [4.69, 9.17) is 9.84 Å². The van der Waals surface area contributed by atoms with Crippen LogP contribution in [0.2, 0.25) is 0 Å². The summed E-state index contributed by atoms with van der Waals surface area (Å²) >= 11 is 0. The largest absolute Gasteiger partial charge is 0.475 e. The maximum absolute atomic E-state index is 12.3. The number of nitrogens with zero attached hydrogens (tertiary/aromatic N) is 2. The minimum absolute atomic E-state index is 0.00438. The van der Waals surface area contributed by atoms with Gasteiger partial charge in [-0.3, -0.25) is 0 Å². The molecule has 0 aromatic carbocycles. The van der Waals surface area contributed by atoms with Crippen molar-refractivity contribution in [3.8, 4) is 5.88 Å². The number of aromatic nitrogens is 2. The molecule has 2 N–H and O–H groups in total. The summed E-state index contributed by atoms with van der Waals surface area (Å²) in [5.41, 5.74) is 0. The van der Waals surface area contributed by atoms with Gasteiger partial charge in [-0.2, -0.15) is 18.2 Å². The Bertz CT molecular complexity index is 357. The zero-order chi connectivity index (χ0) is 12.2. The number of aliphatic hydroxyl groups is 1. The molecule has 1 aromatic heterocycles. The lowest BCUT2D eigenvalue weighted by Crippen LogP contribution is -2.14. The Morgan fingerprint density at radius 1 is 1.44 bits per heavy atom. The molecule has 0 saturated heterocycles. The van der Waals surface area contributed by atoms with Crippen LogP contribution in [-0.2, 0) is 6.18 Å². The van der Waals surface area contributed by atoms with Crippen LogP contribution in [0.15, 0.2) is 6.07 Å². The third-order valence-corrected chi connectivity index (χ3v) is 1.55. The predicted molar refractivity (Wildman–Crippen MR) is 49.2 cm³/mol. The standard InChI is InChI=1S/C8H10F3N3O2/c1-12-5-4-6(16-3-2-15)14-7(13-5)8(9,10)11/h4,15H,2-3H2,1H3,(H,12,13,14). The van der Waals surface area contributed by atoms with E-state index in [2.05, 4.69) is 15.3 Å². The van der Waals surface area contributed by atoms with Crippen LogP contribution in [0.1, 0.15) is 5.82 Å². The molecule has 0 aliphatic heterocycles. The van der Waals surface area contributed by atoms with Crippen LogP contribution in [0.3, 0.4) is 0 Å². The number of ether oxygens (including phenoxy) is 1. The van der Waals surface area contributed by atoms with Gasteiger partial charge in [0.05, 0.1) is 6.61 Å². The van der Waals surface area contributed by atoms with Crippen molar-refractivity contribution in [3.63, 3.8) is 0 Å². The summed E-state index contributed by atoms with van der Waals surface area (Å²) in [5, 5.41) is 10.9. The predicted octanol–water partition coefficient (Wildman–Crippen LogP) is 0.908. The monoisotopic (exact) mass is 237 g/mol. The lowest BCUT2D eigenvalue weighted by atomic mass is 10.5. The van der Waals surface area contributed by atoms with E-state index in [1.54, 1.807) is 0 Å². The van der Waals surface area contributed by atoms with Gasteiger partial charge in [0.1, 0.15) is 12.4 Å². The molecule has 0 fully saturated rings. The second-order valence-electron chi connectivity index (χ2n) is 2.73. The normalized spacial score (nSPS) is 11.3. The molecule has 8 heteroatoms. The van der Waals surface area contributed by atoms with Crippen molar-refractivity contribution < 1.29 is 23.0 Å². The topological polar surface area (TPSA) is 67.3 Å². The fourth-order valence-corrected chi connectivity index (χ4v) is 0.904. The van der Waals surface area contributed by atoms with E-state index in [9.17, 15) is 13.2 Å². The highest BCUT2D eigenvalue weighted by molar-refractivity contribution is 5.38. The number of rotatable bonds is 4. The van der Waals surface area contributed by atoms with Gasteiger partial charge in [-0.05, 0) is 0 Å². The molecule has 0 radical (unpaired) electrons. The SMILES string of the molecule is CNc1cc(OCCO)nc(C(F)(F)F)n1. The van der Waals surface area contributed by atoms with Crippen LogP contribution in [0, 0.1) is 0 Å². The third-order valence-electron chi connectivity index (χ3n) is 1.55. The van der Waals surface area contributed by atoms with Gasteiger partial charge in [-0.15, -0.1) is 0 Å². The minimum atomic E-state index is -4.63. The first-order valence-corrected chi connectivity index (χ1v) is 4.35. The maximum atomic E-state index is 12.3. The summed E-state index contributed by atoms with van der Waals surface area (Å²) in [6.07, 6.45) is -4.63. The highest BCUT2D eigenvalue weighted by Crippen LogP contribution is 2.28. The van der Waals surface area contributed by atoms with Gasteiger partial charge in [0.2, 0.25) is 11.7 Å². The van der Waals surface area contributed by atoms with Crippen LogP contribution < -0.4 is 10.1 Å². The molecule has 0 saturated carbocycles. The van der Waals surface area contributed by atoms with Gasteiger partial charge in [0, 0.05) is 13.1 Å². The number of alkyl halides is 3. The number of nitrogens with one attached hydrogen (secondary N) is 1. The zero-order valence-electron chi connectivity index (χ0n) is 8.38. The smallest absolute Gasteiger partial charge is 0.451 e. The first kappa shape index (κ1) is 12.5. The van der Waals surface area contributed by atoms with E-state index in [1.807, 2.05) is 0 Å². The highest BCUT2D eigenvalue weighted by atomic mass is 19.4. The van der Waals surface area contributed by atoms with Crippen molar-refractivity contribution in [3.05, 3.63) is 11.9 Å². The van der Waals surface area contributed by atoms with Crippen molar-refractivity contribution >= 4 is 5.82 Å². The van der Waals surface area contributed by atoms with E-state index in [1.165, 1.54) is 13.1 Å². The molecule has 5 nitrogen and oxygen atoms in total. The van der Waals surface area contributed by atoms with Crippen molar-refractivity contribution in [2.45, 2.75) is 6.18 Å². The number of halogens is 3. The fraction of sp³-hybridized carbons (Fsp3) is 0.500. The molecule has 0 spiro atoms. The molecular formula is C8H10F3N3O2. The van der Waals surface area contributed by atoms with E-state index in [0.29, 0.717) is 0 Å². The molecule has 16 heavy (non-hydrogen) atoms. The van der Waals surface area contributed by atoms with Crippen LogP contribution in [0.4, 0.5) is 19.0 Å². The van der Waals surface area contributed by atoms with Crippen molar-refractivity contribution in [2.75, 3.05) is 25.6 Å². The summed E-state index contributed by atoms with van der Waals surface area (Å²) in [6.45, 7) is -0.433. The van der Waals surface area contributed by atoms with Gasteiger partial charge >= 0.3 is 6.18 Å². The van der Waals surface area contributed by atoms with E-state index >= 15 is 0 Å². The molecule has 0 bridgehead atoms. The molecule has 1 aromatic rings. The number of aliphatic hydroxyl groups excluding tert-OH is 1. The lowest BCUT2D eigenvalue weighted by molar-refractivity contribution is -0.145. The Morgan fingerprint density at radius 3 is 2.62 bits per heavy atom. The Kier molecular flexibility index (Phi) is 3.88. The molecule has 0 atom stereocenters. The van der Waals surface area contributed by atoms with E-state index in [-0.39, 0.29) is 24.9 Å². The Balaban J connectivity index is 3.01. The second kappa shape index (κ2) is 4.97. The van der Waals surface area contributed by atoms with Crippen LogP contribution in [-0.4, -0.2) is 35.3 Å². The van der Waals surface area contributed by atoms with Gasteiger partial charge in [-0.1, -0.05) is 0 Å². The number of anilines is 1. The summed E-state index contributed by atoms with van der Waals surface area (Å²) < 4.78 is 41.8. The Morgan fingerprint density at radius 2 is 2.12 bits per heavy atom.